The first kappa shape index (κ1) is 13.8. The van der Waals surface area contributed by atoms with Crippen LogP contribution in [0.1, 0.15) is 10.4 Å². The summed E-state index contributed by atoms with van der Waals surface area (Å²) in [5, 5.41) is 1.85. The van der Waals surface area contributed by atoms with Crippen LogP contribution >= 0.6 is 11.8 Å². The van der Waals surface area contributed by atoms with Gasteiger partial charge in [0.2, 0.25) is 0 Å². The highest BCUT2D eigenvalue weighted by molar-refractivity contribution is 7.99. The summed E-state index contributed by atoms with van der Waals surface area (Å²) in [6.45, 7) is 0. The molecule has 1 N–H and O–H groups in total. The zero-order valence-electron chi connectivity index (χ0n) is 12.1. The van der Waals surface area contributed by atoms with E-state index in [1.807, 2.05) is 41.4 Å². The van der Waals surface area contributed by atoms with Gasteiger partial charge in [-0.1, -0.05) is 36.0 Å². The molecular formula is C18H13N3OS. The Morgan fingerprint density at radius 3 is 2.04 bits per heavy atom. The Balaban J connectivity index is 1.74. The number of rotatable bonds is 2. The van der Waals surface area contributed by atoms with Crippen molar-refractivity contribution in [2.24, 2.45) is 0 Å². The van der Waals surface area contributed by atoms with Crippen LogP contribution in [0, 0.1) is 0 Å². The zero-order valence-corrected chi connectivity index (χ0v) is 13.0. The summed E-state index contributed by atoms with van der Waals surface area (Å²) in [5.74, 6) is -0.163. The number of carbonyl (C=O) groups excluding carboxylic acids is 1. The fraction of sp³-hybridized carbons (Fsp3) is 0. The van der Waals surface area contributed by atoms with Crippen molar-refractivity contribution in [2.45, 2.75) is 9.79 Å². The minimum absolute atomic E-state index is 0.163. The average molecular weight is 319 g/mol. The quantitative estimate of drug-likeness (QED) is 0.774. The van der Waals surface area contributed by atoms with Gasteiger partial charge in [-0.3, -0.25) is 20.2 Å². The molecule has 4 rings (SSSR count). The molecule has 0 atom stereocenters. The number of hydrogen-bond acceptors (Lipinski definition) is 4. The Labute approximate surface area is 138 Å². The highest BCUT2D eigenvalue weighted by atomic mass is 32.2. The van der Waals surface area contributed by atoms with Gasteiger partial charge in [-0.15, -0.1) is 0 Å². The van der Waals surface area contributed by atoms with Gasteiger partial charge in [0.15, 0.2) is 0 Å². The van der Waals surface area contributed by atoms with Crippen LogP contribution in [-0.4, -0.2) is 10.9 Å². The normalized spacial score (nSPS) is 12.3. The summed E-state index contributed by atoms with van der Waals surface area (Å²) in [5.41, 5.74) is 5.52. The third-order valence-electron chi connectivity index (χ3n) is 3.59. The molecule has 112 valence electrons. The van der Waals surface area contributed by atoms with Crippen LogP contribution in [0.4, 0.5) is 11.4 Å². The Kier molecular flexibility index (Phi) is 3.48. The largest absolute Gasteiger partial charge is 0.270 e. The van der Waals surface area contributed by atoms with E-state index in [1.165, 1.54) is 0 Å². The van der Waals surface area contributed by atoms with E-state index in [-0.39, 0.29) is 5.91 Å². The first-order chi connectivity index (χ1) is 11.3. The Bertz CT molecular complexity index is 821. The topological polar surface area (TPSA) is 45.2 Å². The predicted octanol–water partition coefficient (Wildman–Crippen LogP) is 4.03. The molecule has 3 aromatic rings. The molecule has 0 radical (unpaired) electrons. The number of hydrogen-bond donors (Lipinski definition) is 1. The van der Waals surface area contributed by atoms with E-state index in [1.54, 1.807) is 36.3 Å². The van der Waals surface area contributed by atoms with Crippen molar-refractivity contribution in [1.82, 2.24) is 10.4 Å². The lowest BCUT2D eigenvalue weighted by Gasteiger charge is -2.32. The minimum Gasteiger partial charge on any atom is -0.267 e. The Morgan fingerprint density at radius 1 is 0.870 bits per heavy atom. The number of fused-ring (bicyclic) bond motifs is 2. The van der Waals surface area contributed by atoms with Crippen molar-refractivity contribution in [3.8, 4) is 0 Å². The summed E-state index contributed by atoms with van der Waals surface area (Å²) in [4.78, 5) is 18.7. The first-order valence-electron chi connectivity index (χ1n) is 7.20. The third kappa shape index (κ3) is 2.55. The molecule has 2 aromatic carbocycles. The average Bonchev–Trinajstić information content (AvgIpc) is 2.62. The standard InChI is InChI=1S/C18H13N3OS/c22-18(13-9-11-19-12-10-13)20-21-14-5-1-3-7-16(14)23-17-8-4-2-6-15(17)21/h1-12H,(H,20,22). The van der Waals surface area contributed by atoms with Gasteiger partial charge in [0.05, 0.1) is 11.4 Å². The van der Waals surface area contributed by atoms with Crippen LogP contribution in [0.15, 0.2) is 82.8 Å². The van der Waals surface area contributed by atoms with E-state index in [2.05, 4.69) is 22.5 Å². The van der Waals surface area contributed by atoms with Crippen LogP contribution in [-0.2, 0) is 0 Å². The van der Waals surface area contributed by atoms with Gasteiger partial charge in [-0.25, -0.2) is 0 Å². The number of nitrogens with zero attached hydrogens (tertiary/aromatic N) is 2. The van der Waals surface area contributed by atoms with E-state index < -0.39 is 0 Å². The molecule has 0 unspecified atom stereocenters. The van der Waals surface area contributed by atoms with Gasteiger partial charge >= 0.3 is 0 Å². The van der Waals surface area contributed by atoms with Gasteiger partial charge < -0.3 is 0 Å². The SMILES string of the molecule is O=C(NN1c2ccccc2Sc2ccccc21)c1ccncc1. The fourth-order valence-electron chi connectivity index (χ4n) is 2.49. The highest BCUT2D eigenvalue weighted by Gasteiger charge is 2.24. The molecule has 4 nitrogen and oxygen atoms in total. The molecule has 1 amide bonds. The molecule has 0 spiro atoms. The number of pyridine rings is 1. The van der Waals surface area contributed by atoms with Crippen LogP contribution in [0.2, 0.25) is 0 Å². The van der Waals surface area contributed by atoms with Gasteiger partial charge in [0.1, 0.15) is 0 Å². The second kappa shape index (κ2) is 5.78. The van der Waals surface area contributed by atoms with E-state index in [9.17, 15) is 4.79 Å². The van der Waals surface area contributed by atoms with E-state index in [4.69, 9.17) is 0 Å². The zero-order chi connectivity index (χ0) is 15.6. The molecule has 2 heterocycles. The van der Waals surface area contributed by atoms with Crippen LogP contribution in [0.3, 0.4) is 0 Å². The fourth-order valence-corrected chi connectivity index (χ4v) is 3.55. The van der Waals surface area contributed by atoms with Crippen molar-refractivity contribution in [1.29, 1.82) is 0 Å². The van der Waals surface area contributed by atoms with Crippen LogP contribution in [0.25, 0.3) is 0 Å². The number of para-hydroxylation sites is 2. The van der Waals surface area contributed by atoms with E-state index in [0.717, 1.165) is 21.2 Å². The number of hydrazine groups is 1. The second-order valence-electron chi connectivity index (χ2n) is 5.05. The molecule has 1 aromatic heterocycles. The summed E-state index contributed by atoms with van der Waals surface area (Å²) < 4.78 is 0. The monoisotopic (exact) mass is 319 g/mol. The maximum absolute atomic E-state index is 12.5. The molecule has 0 saturated heterocycles. The maximum Gasteiger partial charge on any atom is 0.270 e. The molecule has 1 aliphatic rings. The third-order valence-corrected chi connectivity index (χ3v) is 4.72. The molecule has 0 fully saturated rings. The lowest BCUT2D eigenvalue weighted by atomic mass is 10.2. The highest BCUT2D eigenvalue weighted by Crippen LogP contribution is 2.46. The lowest BCUT2D eigenvalue weighted by molar-refractivity contribution is 0.0953. The molecule has 1 aliphatic heterocycles. The number of amides is 1. The van der Waals surface area contributed by atoms with Gasteiger partial charge in [-0.05, 0) is 36.4 Å². The number of anilines is 2. The van der Waals surface area contributed by atoms with E-state index in [0.29, 0.717) is 5.56 Å². The number of nitrogens with one attached hydrogen (secondary N) is 1. The lowest BCUT2D eigenvalue weighted by Crippen LogP contribution is -2.40. The summed E-state index contributed by atoms with van der Waals surface area (Å²) in [6.07, 6.45) is 3.23. The molecule has 0 saturated carbocycles. The van der Waals surface area contributed by atoms with Crippen molar-refractivity contribution < 1.29 is 4.79 Å². The van der Waals surface area contributed by atoms with Crippen molar-refractivity contribution >= 4 is 29.0 Å². The van der Waals surface area contributed by atoms with Crippen molar-refractivity contribution in [3.05, 3.63) is 78.6 Å². The first-order valence-corrected chi connectivity index (χ1v) is 8.01. The van der Waals surface area contributed by atoms with Gasteiger partial charge in [0.25, 0.3) is 5.91 Å². The second-order valence-corrected chi connectivity index (χ2v) is 6.13. The predicted molar refractivity (Wildman–Crippen MR) is 90.8 cm³/mol. The number of aromatic nitrogens is 1. The maximum atomic E-state index is 12.5. The summed E-state index contributed by atoms with van der Waals surface area (Å²) >= 11 is 1.71. The smallest absolute Gasteiger partial charge is 0.267 e. The van der Waals surface area contributed by atoms with Crippen molar-refractivity contribution in [3.63, 3.8) is 0 Å². The van der Waals surface area contributed by atoms with Crippen LogP contribution < -0.4 is 10.4 Å². The number of carbonyl (C=O) groups is 1. The minimum atomic E-state index is -0.163. The van der Waals surface area contributed by atoms with Gasteiger partial charge in [0, 0.05) is 27.7 Å². The van der Waals surface area contributed by atoms with Gasteiger partial charge in [-0.2, -0.15) is 0 Å². The molecule has 5 heteroatoms. The Morgan fingerprint density at radius 2 is 1.43 bits per heavy atom. The van der Waals surface area contributed by atoms with Crippen molar-refractivity contribution in [2.75, 3.05) is 5.01 Å². The Hall–Kier alpha value is -2.79. The summed E-state index contributed by atoms with van der Waals surface area (Å²) in [7, 11) is 0. The molecular weight excluding hydrogens is 306 g/mol. The van der Waals surface area contributed by atoms with Crippen LogP contribution in [0.5, 0.6) is 0 Å². The number of benzene rings is 2. The molecule has 0 bridgehead atoms. The molecule has 23 heavy (non-hydrogen) atoms. The van der Waals surface area contributed by atoms with E-state index >= 15 is 0 Å². The molecule has 0 aliphatic carbocycles. The summed E-state index contributed by atoms with van der Waals surface area (Å²) in [6, 6.07) is 19.5.